The van der Waals surface area contributed by atoms with Crippen LogP contribution in [0.4, 0.5) is 0 Å². The zero-order chi connectivity index (χ0) is 28.8. The van der Waals surface area contributed by atoms with Crippen molar-refractivity contribution in [3.63, 3.8) is 0 Å². The Labute approximate surface area is 269 Å². The molecule has 2 aliphatic carbocycles. The summed E-state index contributed by atoms with van der Waals surface area (Å²) < 4.78 is 11.7. The summed E-state index contributed by atoms with van der Waals surface area (Å²) in [7, 11) is 0. The summed E-state index contributed by atoms with van der Waals surface area (Å²) in [5.74, 6) is 0. The molecule has 0 amide bonds. The Balaban J connectivity index is 1.52. The molecule has 0 radical (unpaired) electrons. The minimum absolute atomic E-state index is 0.476. The summed E-state index contributed by atoms with van der Waals surface area (Å²) in [6.45, 7) is 4.42. The van der Waals surface area contributed by atoms with Gasteiger partial charge in [0.25, 0.3) is 0 Å². The van der Waals surface area contributed by atoms with Gasteiger partial charge in [-0.05, 0) is 71.5 Å². The maximum atomic E-state index is 6.88. The van der Waals surface area contributed by atoms with Crippen LogP contribution in [-0.2, 0) is 5.41 Å². The van der Waals surface area contributed by atoms with E-state index in [1.54, 1.807) is 0 Å². The number of hydrogen-bond acceptors (Lipinski definition) is 2. The van der Waals surface area contributed by atoms with E-state index < -0.39 is 5.41 Å². The molecule has 0 saturated carbocycles. The van der Waals surface area contributed by atoms with Crippen molar-refractivity contribution >= 4 is 85.3 Å². The molecule has 0 fully saturated rings. The second kappa shape index (κ2) is 8.26. The number of thiophene rings is 1. The fraction of sp³-hybridized carbons (Fsp3) is 0.0769. The molecule has 204 valence electrons. The molecule has 6 aromatic carbocycles. The van der Waals surface area contributed by atoms with E-state index in [9.17, 15) is 0 Å². The molecule has 1 nitrogen and oxygen atoms in total. The minimum Gasteiger partial charge on any atom is -0.455 e. The summed E-state index contributed by atoms with van der Waals surface area (Å²) in [5.41, 5.74) is 14.4. The first-order valence-corrected chi connectivity index (χ1v) is 16.9. The maximum absolute atomic E-state index is 6.88. The summed E-state index contributed by atoms with van der Waals surface area (Å²) in [5, 5.41) is 4.85. The number of aryl methyl sites for hydroxylation is 2. The fourth-order valence-electron chi connectivity index (χ4n) is 8.07. The van der Waals surface area contributed by atoms with Crippen molar-refractivity contribution in [2.45, 2.75) is 19.3 Å². The van der Waals surface area contributed by atoms with E-state index in [4.69, 9.17) is 4.42 Å². The van der Waals surface area contributed by atoms with Crippen LogP contribution >= 0.6 is 43.2 Å². The van der Waals surface area contributed by atoms with Crippen molar-refractivity contribution in [2.24, 2.45) is 0 Å². The van der Waals surface area contributed by atoms with Crippen LogP contribution in [0.3, 0.4) is 0 Å². The van der Waals surface area contributed by atoms with Crippen LogP contribution in [0.15, 0.2) is 110 Å². The van der Waals surface area contributed by atoms with E-state index >= 15 is 0 Å². The molecule has 2 heterocycles. The lowest BCUT2D eigenvalue weighted by Crippen LogP contribution is -2.26. The highest BCUT2D eigenvalue weighted by molar-refractivity contribution is 9.11. The lowest BCUT2D eigenvalue weighted by atomic mass is 9.70. The summed E-state index contributed by atoms with van der Waals surface area (Å²) in [6, 6.07) is 36.0. The molecule has 1 spiro atoms. The lowest BCUT2D eigenvalue weighted by Gasteiger charge is -2.31. The Morgan fingerprint density at radius 2 is 1.21 bits per heavy atom. The third-order valence-electron chi connectivity index (χ3n) is 9.71. The Bertz CT molecular complexity index is 2390. The van der Waals surface area contributed by atoms with Crippen molar-refractivity contribution in [1.82, 2.24) is 0 Å². The Kier molecular flexibility index (Phi) is 4.75. The summed E-state index contributed by atoms with van der Waals surface area (Å²) in [6.07, 6.45) is 0. The van der Waals surface area contributed by atoms with E-state index in [1.165, 1.54) is 75.8 Å². The van der Waals surface area contributed by atoms with Gasteiger partial charge in [0.2, 0.25) is 0 Å². The molecular weight excluding hydrogens is 676 g/mol. The summed E-state index contributed by atoms with van der Waals surface area (Å²) in [4.78, 5) is 0. The molecule has 4 heteroatoms. The first kappa shape index (κ1) is 24.7. The van der Waals surface area contributed by atoms with Crippen LogP contribution in [0.1, 0.15) is 33.4 Å². The molecule has 0 bridgehead atoms. The predicted molar refractivity (Wildman–Crippen MR) is 188 cm³/mol. The molecule has 0 aliphatic heterocycles. The smallest absolute Gasteiger partial charge is 0.144 e. The normalized spacial score (nSPS) is 14.2. The van der Waals surface area contributed by atoms with Gasteiger partial charge < -0.3 is 4.42 Å². The van der Waals surface area contributed by atoms with Crippen molar-refractivity contribution in [1.29, 1.82) is 0 Å². The Hall–Kier alpha value is -3.70. The second-order valence-electron chi connectivity index (χ2n) is 12.0. The monoisotopic (exact) mass is 696 g/mol. The van der Waals surface area contributed by atoms with Gasteiger partial charge in [-0.3, -0.25) is 0 Å². The van der Waals surface area contributed by atoms with Gasteiger partial charge >= 0.3 is 0 Å². The van der Waals surface area contributed by atoms with Gasteiger partial charge in [-0.1, -0.05) is 116 Å². The topological polar surface area (TPSA) is 13.1 Å². The molecule has 2 aliphatic rings. The van der Waals surface area contributed by atoms with E-state index in [2.05, 4.69) is 143 Å². The zero-order valence-electron chi connectivity index (χ0n) is 23.3. The van der Waals surface area contributed by atoms with Crippen LogP contribution in [0.2, 0.25) is 0 Å². The van der Waals surface area contributed by atoms with Crippen LogP contribution in [-0.4, -0.2) is 0 Å². The maximum Gasteiger partial charge on any atom is 0.144 e. The molecular formula is C39H22Br2OS. The average Bonchev–Trinajstić information content (AvgIpc) is 3.72. The number of para-hydroxylation sites is 1. The predicted octanol–water partition coefficient (Wildman–Crippen LogP) is 12.4. The zero-order valence-corrected chi connectivity index (χ0v) is 27.3. The molecule has 8 aromatic rings. The van der Waals surface area contributed by atoms with Gasteiger partial charge in [-0.2, -0.15) is 0 Å². The highest BCUT2D eigenvalue weighted by Crippen LogP contribution is 2.67. The Morgan fingerprint density at radius 1 is 0.605 bits per heavy atom. The van der Waals surface area contributed by atoms with Gasteiger partial charge in [-0.25, -0.2) is 0 Å². The number of benzene rings is 6. The molecule has 0 atom stereocenters. The molecule has 10 rings (SSSR count). The largest absolute Gasteiger partial charge is 0.455 e. The SMILES string of the molecule is Cc1ccc2c(c1)C1(c3cc(C)ccc3-2)c2cc(Br)c3c(oc4ccccc43)c2-c2c1cc(Br)c1c2sc2ccccc21. The van der Waals surface area contributed by atoms with E-state index in [0.29, 0.717) is 0 Å². The quantitative estimate of drug-likeness (QED) is 0.154. The van der Waals surface area contributed by atoms with Crippen molar-refractivity contribution < 1.29 is 4.42 Å². The molecule has 43 heavy (non-hydrogen) atoms. The first-order valence-electron chi connectivity index (χ1n) is 14.5. The number of furan rings is 1. The Morgan fingerprint density at radius 3 is 1.93 bits per heavy atom. The van der Waals surface area contributed by atoms with Crippen LogP contribution in [0.25, 0.3) is 64.4 Å². The van der Waals surface area contributed by atoms with Crippen LogP contribution in [0, 0.1) is 13.8 Å². The van der Waals surface area contributed by atoms with Crippen molar-refractivity contribution in [3.8, 4) is 22.3 Å². The van der Waals surface area contributed by atoms with E-state index in [0.717, 1.165) is 30.9 Å². The number of hydrogen-bond donors (Lipinski definition) is 0. The minimum atomic E-state index is -0.476. The average molecular weight is 698 g/mol. The van der Waals surface area contributed by atoms with Crippen LogP contribution in [0.5, 0.6) is 0 Å². The lowest BCUT2D eigenvalue weighted by molar-refractivity contribution is 0.669. The number of halogens is 2. The highest BCUT2D eigenvalue weighted by atomic mass is 79.9. The molecule has 0 N–H and O–H groups in total. The fourth-order valence-corrected chi connectivity index (χ4v) is 10.7. The van der Waals surface area contributed by atoms with E-state index in [1.807, 2.05) is 11.3 Å². The van der Waals surface area contributed by atoms with Crippen molar-refractivity contribution in [3.05, 3.63) is 139 Å². The van der Waals surface area contributed by atoms with E-state index in [-0.39, 0.29) is 0 Å². The third-order valence-corrected chi connectivity index (χ3v) is 12.1. The van der Waals surface area contributed by atoms with Gasteiger partial charge in [0.1, 0.15) is 11.2 Å². The first-order chi connectivity index (χ1) is 21.0. The summed E-state index contributed by atoms with van der Waals surface area (Å²) >= 11 is 10.1. The van der Waals surface area contributed by atoms with Gasteiger partial charge in [-0.15, -0.1) is 11.3 Å². The van der Waals surface area contributed by atoms with Crippen LogP contribution < -0.4 is 0 Å². The third kappa shape index (κ3) is 2.88. The second-order valence-corrected chi connectivity index (χ2v) is 14.8. The van der Waals surface area contributed by atoms with Gasteiger partial charge in [0.15, 0.2) is 0 Å². The number of fused-ring (bicyclic) bond motifs is 18. The molecule has 0 saturated heterocycles. The van der Waals surface area contributed by atoms with Crippen molar-refractivity contribution in [2.75, 3.05) is 0 Å². The number of rotatable bonds is 0. The highest BCUT2D eigenvalue weighted by Gasteiger charge is 2.54. The molecule has 0 unspecified atom stereocenters. The van der Waals surface area contributed by atoms with Gasteiger partial charge in [0, 0.05) is 51.0 Å². The standard InChI is InChI=1S/C39H22Br2OS/c1-19-11-13-21-22-14-12-20(2)16-26(22)39(25(21)15-19)27-17-29(40)33-23-7-3-5-9-31(23)42-37(33)35(27)36-28(39)18-30(41)34-24-8-4-6-10-32(24)43-38(34)36/h3-18H,1-2H3. The van der Waals surface area contributed by atoms with Gasteiger partial charge in [0.05, 0.1) is 5.41 Å². The molecule has 2 aromatic heterocycles.